The summed E-state index contributed by atoms with van der Waals surface area (Å²) in [5, 5.41) is 0. The third-order valence-corrected chi connectivity index (χ3v) is 5.66. The van der Waals surface area contributed by atoms with Crippen molar-refractivity contribution in [3.63, 3.8) is 0 Å². The molecule has 120 valence electrons. The molecule has 4 atom stereocenters. The van der Waals surface area contributed by atoms with Crippen molar-refractivity contribution >= 4 is 11.8 Å². The molecule has 0 N–H and O–H groups in total. The lowest BCUT2D eigenvalue weighted by atomic mass is 9.49. The Morgan fingerprint density at radius 2 is 2.14 bits per heavy atom. The highest BCUT2D eigenvalue weighted by Crippen LogP contribution is 2.62. The second-order valence-electron chi connectivity index (χ2n) is 6.39. The Balaban J connectivity index is 2.30. The first-order valence-corrected chi connectivity index (χ1v) is 7.60. The second-order valence-corrected chi connectivity index (χ2v) is 6.39. The molecule has 0 aromatic heterocycles. The summed E-state index contributed by atoms with van der Waals surface area (Å²) in [5.41, 5.74) is 0.443. The Morgan fingerprint density at radius 1 is 1.41 bits per heavy atom. The molecular weight excluding hydrogens is 284 g/mol. The van der Waals surface area contributed by atoms with Crippen LogP contribution in [0, 0.1) is 17.3 Å². The zero-order chi connectivity index (χ0) is 16.1. The molecular formula is C17H22O5. The molecule has 0 radical (unpaired) electrons. The lowest BCUT2D eigenvalue weighted by molar-refractivity contribution is -0.331. The van der Waals surface area contributed by atoms with Gasteiger partial charge >= 0.3 is 5.97 Å². The first-order chi connectivity index (χ1) is 10.4. The first kappa shape index (κ1) is 15.4. The lowest BCUT2D eigenvalue weighted by Crippen LogP contribution is -2.71. The molecule has 22 heavy (non-hydrogen) atoms. The Kier molecular flexibility index (Phi) is 3.53. The molecule has 1 saturated heterocycles. The zero-order valence-corrected chi connectivity index (χ0v) is 13.3. The van der Waals surface area contributed by atoms with Crippen molar-refractivity contribution in [2.24, 2.45) is 17.3 Å². The van der Waals surface area contributed by atoms with Crippen molar-refractivity contribution in [3.8, 4) is 0 Å². The average Bonchev–Trinajstić information content (AvgIpc) is 2.53. The van der Waals surface area contributed by atoms with E-state index in [9.17, 15) is 9.59 Å². The normalized spacial score (nSPS) is 40.8. The Bertz CT molecular complexity index is 578. The number of carbonyl (C=O) groups is 2. The van der Waals surface area contributed by atoms with E-state index < -0.39 is 23.1 Å². The highest BCUT2D eigenvalue weighted by atomic mass is 16.7. The van der Waals surface area contributed by atoms with Gasteiger partial charge in [0.1, 0.15) is 5.41 Å². The topological polar surface area (TPSA) is 61.8 Å². The molecule has 0 amide bonds. The van der Waals surface area contributed by atoms with Crippen molar-refractivity contribution in [1.29, 1.82) is 0 Å². The molecule has 1 aliphatic heterocycles. The smallest absolute Gasteiger partial charge is 0.318 e. The number of carbonyl (C=O) groups excluding carboxylic acids is 2. The van der Waals surface area contributed by atoms with Crippen molar-refractivity contribution in [1.82, 2.24) is 0 Å². The molecule has 3 rings (SSSR count). The van der Waals surface area contributed by atoms with Gasteiger partial charge in [-0.25, -0.2) is 0 Å². The van der Waals surface area contributed by atoms with Crippen LogP contribution in [0.2, 0.25) is 0 Å². The van der Waals surface area contributed by atoms with E-state index in [4.69, 9.17) is 14.2 Å². The minimum Gasteiger partial charge on any atom is -0.468 e. The van der Waals surface area contributed by atoms with Crippen molar-refractivity contribution in [2.45, 2.75) is 32.0 Å². The zero-order valence-electron chi connectivity index (χ0n) is 13.3. The summed E-state index contributed by atoms with van der Waals surface area (Å²) in [5.74, 6) is -2.30. The van der Waals surface area contributed by atoms with Gasteiger partial charge in [-0.3, -0.25) is 9.59 Å². The molecule has 0 bridgehead atoms. The van der Waals surface area contributed by atoms with Crippen LogP contribution in [0.25, 0.3) is 0 Å². The van der Waals surface area contributed by atoms with E-state index in [1.54, 1.807) is 0 Å². The van der Waals surface area contributed by atoms with Gasteiger partial charge in [-0.15, -0.1) is 0 Å². The summed E-state index contributed by atoms with van der Waals surface area (Å²) in [6.07, 6.45) is 3.43. The van der Waals surface area contributed by atoms with Gasteiger partial charge in [0, 0.05) is 25.4 Å². The van der Waals surface area contributed by atoms with Crippen molar-refractivity contribution in [3.05, 3.63) is 23.8 Å². The summed E-state index contributed by atoms with van der Waals surface area (Å²) in [7, 11) is 2.88. The van der Waals surface area contributed by atoms with Crippen molar-refractivity contribution < 1.29 is 23.8 Å². The standard InChI is InChI=1S/C17H22O5/c1-10-5-6-13-14(18)11(2)9-16(21-4)17(13,15(19)20-3)12(10)7-8-22-16/h5,12-13H,2,6-9H2,1,3-4H3/t12-,13+,16+,17-/m1/s1. The average molecular weight is 306 g/mol. The number of ether oxygens (including phenoxy) is 3. The van der Waals surface area contributed by atoms with E-state index in [0.717, 1.165) is 5.57 Å². The quantitative estimate of drug-likeness (QED) is 0.444. The summed E-state index contributed by atoms with van der Waals surface area (Å²) < 4.78 is 16.9. The number of hydrogen-bond acceptors (Lipinski definition) is 5. The van der Waals surface area contributed by atoms with Crippen LogP contribution in [0.3, 0.4) is 0 Å². The number of allylic oxidation sites excluding steroid dienone is 2. The van der Waals surface area contributed by atoms with Crippen LogP contribution in [0.4, 0.5) is 0 Å². The molecule has 1 saturated carbocycles. The van der Waals surface area contributed by atoms with Gasteiger partial charge in [-0.2, -0.15) is 0 Å². The summed E-state index contributed by atoms with van der Waals surface area (Å²) in [6, 6.07) is 0. The van der Waals surface area contributed by atoms with Gasteiger partial charge in [0.25, 0.3) is 0 Å². The second kappa shape index (κ2) is 5.03. The molecule has 5 heteroatoms. The van der Waals surface area contributed by atoms with Crippen LogP contribution in [0.1, 0.15) is 26.2 Å². The number of rotatable bonds is 2. The van der Waals surface area contributed by atoms with E-state index in [1.165, 1.54) is 14.2 Å². The molecule has 3 aliphatic rings. The first-order valence-electron chi connectivity index (χ1n) is 7.60. The SMILES string of the molecule is C=C1C[C@]2(OC)OCC[C@@H]3C(C)=CC[C@@H](C1=O)[C@@]32C(=O)OC. The third-order valence-electron chi connectivity index (χ3n) is 5.66. The number of Topliss-reactive ketones (excluding diaryl/α,β-unsaturated/α-hetero) is 1. The molecule has 5 nitrogen and oxygen atoms in total. The van der Waals surface area contributed by atoms with E-state index in [2.05, 4.69) is 12.7 Å². The summed E-state index contributed by atoms with van der Waals surface area (Å²) in [6.45, 7) is 6.37. The van der Waals surface area contributed by atoms with Gasteiger partial charge < -0.3 is 14.2 Å². The lowest BCUT2D eigenvalue weighted by Gasteiger charge is -2.60. The summed E-state index contributed by atoms with van der Waals surface area (Å²) >= 11 is 0. The molecule has 1 heterocycles. The number of methoxy groups -OCH3 is 2. The van der Waals surface area contributed by atoms with Crippen LogP contribution < -0.4 is 0 Å². The van der Waals surface area contributed by atoms with Gasteiger partial charge in [0.15, 0.2) is 11.6 Å². The highest BCUT2D eigenvalue weighted by molar-refractivity contribution is 6.03. The van der Waals surface area contributed by atoms with Crippen LogP contribution in [0.15, 0.2) is 23.8 Å². The van der Waals surface area contributed by atoms with E-state index in [1.807, 2.05) is 6.92 Å². The van der Waals surface area contributed by atoms with E-state index in [-0.39, 0.29) is 18.1 Å². The fourth-order valence-corrected chi connectivity index (χ4v) is 4.72. The number of esters is 1. The maximum Gasteiger partial charge on any atom is 0.318 e. The van der Waals surface area contributed by atoms with E-state index in [0.29, 0.717) is 25.0 Å². The molecule has 0 aromatic rings. The Labute approximate surface area is 130 Å². The number of hydrogen-bond donors (Lipinski definition) is 0. The fourth-order valence-electron chi connectivity index (χ4n) is 4.72. The minimum atomic E-state index is -1.17. The molecule has 2 fully saturated rings. The maximum atomic E-state index is 12.9. The Hall–Kier alpha value is -1.46. The highest BCUT2D eigenvalue weighted by Gasteiger charge is 2.73. The minimum absolute atomic E-state index is 0.0719. The summed E-state index contributed by atoms with van der Waals surface area (Å²) in [4.78, 5) is 25.6. The molecule has 2 aliphatic carbocycles. The van der Waals surface area contributed by atoms with Crippen LogP contribution in [-0.4, -0.2) is 38.4 Å². The molecule has 0 aromatic carbocycles. The van der Waals surface area contributed by atoms with Crippen LogP contribution in [0.5, 0.6) is 0 Å². The van der Waals surface area contributed by atoms with Crippen LogP contribution >= 0.6 is 0 Å². The largest absolute Gasteiger partial charge is 0.468 e. The fraction of sp³-hybridized carbons (Fsp3) is 0.647. The predicted octanol–water partition coefficient (Wildman–Crippen LogP) is 2.02. The Morgan fingerprint density at radius 3 is 2.77 bits per heavy atom. The third kappa shape index (κ3) is 1.61. The maximum absolute atomic E-state index is 12.9. The monoisotopic (exact) mass is 306 g/mol. The van der Waals surface area contributed by atoms with Crippen LogP contribution in [-0.2, 0) is 23.8 Å². The van der Waals surface area contributed by atoms with Gasteiger partial charge in [0.2, 0.25) is 0 Å². The molecule has 0 spiro atoms. The van der Waals surface area contributed by atoms with Gasteiger partial charge in [0.05, 0.1) is 13.7 Å². The number of ketones is 1. The predicted molar refractivity (Wildman–Crippen MR) is 78.9 cm³/mol. The van der Waals surface area contributed by atoms with E-state index >= 15 is 0 Å². The van der Waals surface area contributed by atoms with Gasteiger partial charge in [-0.05, 0) is 25.3 Å². The van der Waals surface area contributed by atoms with Crippen molar-refractivity contribution in [2.75, 3.05) is 20.8 Å². The molecule has 0 unspecified atom stereocenters. The van der Waals surface area contributed by atoms with Gasteiger partial charge in [-0.1, -0.05) is 18.2 Å².